The maximum absolute atomic E-state index is 13.1. The van der Waals surface area contributed by atoms with E-state index in [0.717, 1.165) is 16.3 Å². The van der Waals surface area contributed by atoms with E-state index in [1.165, 1.54) is 12.1 Å². The molecule has 108 valence electrons. The van der Waals surface area contributed by atoms with Crippen molar-refractivity contribution in [3.05, 3.63) is 51.7 Å². The van der Waals surface area contributed by atoms with Crippen LogP contribution in [-0.2, 0) is 18.3 Å². The van der Waals surface area contributed by atoms with Gasteiger partial charge in [0.1, 0.15) is 5.82 Å². The summed E-state index contributed by atoms with van der Waals surface area (Å²) in [4.78, 5) is 4.57. The van der Waals surface area contributed by atoms with Gasteiger partial charge in [-0.2, -0.15) is 0 Å². The lowest BCUT2D eigenvalue weighted by atomic mass is 9.93. The van der Waals surface area contributed by atoms with E-state index in [9.17, 15) is 9.50 Å². The van der Waals surface area contributed by atoms with Gasteiger partial charge >= 0.3 is 0 Å². The van der Waals surface area contributed by atoms with Crippen LogP contribution in [0.1, 0.15) is 37.0 Å². The second-order valence-electron chi connectivity index (χ2n) is 6.07. The summed E-state index contributed by atoms with van der Waals surface area (Å²) < 4.78 is 13.1. The quantitative estimate of drug-likeness (QED) is 0.932. The van der Waals surface area contributed by atoms with E-state index >= 15 is 0 Å². The minimum Gasteiger partial charge on any atom is -0.392 e. The van der Waals surface area contributed by atoms with Crippen molar-refractivity contribution in [2.45, 2.75) is 45.1 Å². The summed E-state index contributed by atoms with van der Waals surface area (Å²) in [5, 5.41) is 13.1. The number of rotatable bonds is 4. The van der Waals surface area contributed by atoms with Gasteiger partial charge in [-0.15, -0.1) is 11.3 Å². The molecule has 2 aromatic rings. The fraction of sp³-hybridized carbons (Fsp3) is 0.438. The third-order valence-corrected chi connectivity index (χ3v) is 3.96. The van der Waals surface area contributed by atoms with E-state index < -0.39 is 6.10 Å². The third-order valence-electron chi connectivity index (χ3n) is 3.09. The molecule has 4 heteroatoms. The molecule has 0 aliphatic rings. The highest BCUT2D eigenvalue weighted by atomic mass is 32.1. The second kappa shape index (κ2) is 6.02. The molecule has 0 amide bonds. The lowest BCUT2D eigenvalue weighted by Crippen LogP contribution is -2.15. The molecule has 0 saturated heterocycles. The lowest BCUT2D eigenvalue weighted by Gasteiger charge is -2.14. The molecule has 2 nitrogen and oxygen atoms in total. The first-order chi connectivity index (χ1) is 9.34. The summed E-state index contributed by atoms with van der Waals surface area (Å²) in [5.41, 5.74) is 1.89. The number of aliphatic hydroxyl groups is 1. The Labute approximate surface area is 123 Å². The average molecular weight is 293 g/mol. The van der Waals surface area contributed by atoms with Crippen LogP contribution >= 0.6 is 11.3 Å². The van der Waals surface area contributed by atoms with Gasteiger partial charge in [-0.05, 0) is 24.1 Å². The molecule has 20 heavy (non-hydrogen) atoms. The molecule has 1 heterocycles. The van der Waals surface area contributed by atoms with Gasteiger partial charge in [0, 0.05) is 17.2 Å². The molecule has 0 spiro atoms. The molecular weight excluding hydrogens is 273 g/mol. The highest BCUT2D eigenvalue weighted by Crippen LogP contribution is 2.24. The van der Waals surface area contributed by atoms with Crippen LogP contribution in [0.4, 0.5) is 4.39 Å². The number of aromatic nitrogens is 1. The normalized spacial score (nSPS) is 13.4. The van der Waals surface area contributed by atoms with Crippen molar-refractivity contribution in [2.24, 2.45) is 0 Å². The fourth-order valence-electron chi connectivity index (χ4n) is 1.96. The molecule has 0 fully saturated rings. The number of benzene rings is 1. The highest BCUT2D eigenvalue weighted by Gasteiger charge is 2.18. The predicted octanol–water partition coefficient (Wildman–Crippen LogP) is 3.73. The lowest BCUT2D eigenvalue weighted by molar-refractivity contribution is 0.175. The average Bonchev–Trinajstić information content (AvgIpc) is 2.76. The summed E-state index contributed by atoms with van der Waals surface area (Å²) in [6.07, 6.45) is 0.426. The molecule has 2 rings (SSSR count). The molecule has 1 N–H and O–H groups in total. The zero-order valence-electron chi connectivity index (χ0n) is 12.1. The standard InChI is InChI=1S/C16H20FNOS/c1-16(2,3)14-10-20-15(18-14)9-13(19)8-11-5-4-6-12(17)7-11/h4-7,10,13,19H,8-9H2,1-3H3. The van der Waals surface area contributed by atoms with Gasteiger partial charge in [0.2, 0.25) is 0 Å². The zero-order chi connectivity index (χ0) is 14.8. The number of halogens is 1. The van der Waals surface area contributed by atoms with Crippen LogP contribution in [0, 0.1) is 5.82 Å². The molecule has 1 unspecified atom stereocenters. The number of hydrogen-bond donors (Lipinski definition) is 1. The summed E-state index contributed by atoms with van der Waals surface area (Å²) >= 11 is 1.57. The van der Waals surface area contributed by atoms with E-state index in [4.69, 9.17) is 0 Å². The minimum atomic E-state index is -0.532. The molecule has 1 aromatic carbocycles. The summed E-state index contributed by atoms with van der Waals surface area (Å²) in [6.45, 7) is 6.36. The number of hydrogen-bond acceptors (Lipinski definition) is 3. The molecule has 0 radical (unpaired) electrons. The van der Waals surface area contributed by atoms with Gasteiger partial charge < -0.3 is 5.11 Å². The first-order valence-electron chi connectivity index (χ1n) is 6.72. The van der Waals surface area contributed by atoms with Gasteiger partial charge in [-0.25, -0.2) is 9.37 Å². The van der Waals surface area contributed by atoms with Gasteiger partial charge in [0.25, 0.3) is 0 Å². The van der Waals surface area contributed by atoms with Crippen molar-refractivity contribution in [2.75, 3.05) is 0 Å². The van der Waals surface area contributed by atoms with Crippen LogP contribution in [0.2, 0.25) is 0 Å². The van der Waals surface area contributed by atoms with Crippen LogP contribution in [0.3, 0.4) is 0 Å². The van der Waals surface area contributed by atoms with Crippen molar-refractivity contribution in [1.29, 1.82) is 0 Å². The monoisotopic (exact) mass is 293 g/mol. The Morgan fingerprint density at radius 3 is 2.65 bits per heavy atom. The van der Waals surface area contributed by atoms with Gasteiger partial charge in [-0.3, -0.25) is 0 Å². The van der Waals surface area contributed by atoms with Gasteiger partial charge in [0.05, 0.1) is 16.8 Å². The smallest absolute Gasteiger partial charge is 0.123 e. The number of aliphatic hydroxyl groups excluding tert-OH is 1. The van der Waals surface area contributed by atoms with Crippen molar-refractivity contribution in [3.8, 4) is 0 Å². The third kappa shape index (κ3) is 4.12. The maximum atomic E-state index is 13.1. The topological polar surface area (TPSA) is 33.1 Å². The van der Waals surface area contributed by atoms with Crippen LogP contribution in [0.15, 0.2) is 29.6 Å². The van der Waals surface area contributed by atoms with E-state index in [-0.39, 0.29) is 11.2 Å². The van der Waals surface area contributed by atoms with Gasteiger partial charge in [0.15, 0.2) is 0 Å². The summed E-state index contributed by atoms with van der Waals surface area (Å²) in [5.74, 6) is -0.265. The Morgan fingerprint density at radius 2 is 2.05 bits per heavy atom. The predicted molar refractivity (Wildman–Crippen MR) is 80.6 cm³/mol. The van der Waals surface area contributed by atoms with E-state index in [0.29, 0.717) is 12.8 Å². The second-order valence-corrected chi connectivity index (χ2v) is 7.01. The Morgan fingerprint density at radius 1 is 1.30 bits per heavy atom. The van der Waals surface area contributed by atoms with E-state index in [2.05, 4.69) is 25.8 Å². The molecule has 0 bridgehead atoms. The van der Waals surface area contributed by atoms with Gasteiger partial charge in [-0.1, -0.05) is 32.9 Å². The Hall–Kier alpha value is -1.26. The first kappa shape index (κ1) is 15.1. The first-order valence-corrected chi connectivity index (χ1v) is 7.60. The molecule has 1 atom stereocenters. The molecule has 0 aliphatic heterocycles. The SMILES string of the molecule is CC(C)(C)c1csc(CC(O)Cc2cccc(F)c2)n1. The van der Waals surface area contributed by atoms with Crippen LogP contribution in [0.25, 0.3) is 0 Å². The largest absolute Gasteiger partial charge is 0.392 e. The number of thiazole rings is 1. The maximum Gasteiger partial charge on any atom is 0.123 e. The van der Waals surface area contributed by atoms with Crippen molar-refractivity contribution in [3.63, 3.8) is 0 Å². The van der Waals surface area contributed by atoms with Crippen LogP contribution < -0.4 is 0 Å². The minimum absolute atomic E-state index is 0.0300. The molecule has 1 aromatic heterocycles. The Kier molecular flexibility index (Phi) is 4.55. The van der Waals surface area contributed by atoms with E-state index in [1.54, 1.807) is 17.4 Å². The zero-order valence-corrected chi connectivity index (χ0v) is 12.9. The Balaban J connectivity index is 1.98. The van der Waals surface area contributed by atoms with Crippen molar-refractivity contribution in [1.82, 2.24) is 4.98 Å². The van der Waals surface area contributed by atoms with Crippen LogP contribution in [0.5, 0.6) is 0 Å². The fourth-order valence-corrected chi connectivity index (χ4v) is 3.05. The summed E-state index contributed by atoms with van der Waals surface area (Å²) in [7, 11) is 0. The molecule has 0 aliphatic carbocycles. The number of nitrogens with zero attached hydrogens (tertiary/aromatic N) is 1. The van der Waals surface area contributed by atoms with Crippen molar-refractivity contribution >= 4 is 11.3 Å². The van der Waals surface area contributed by atoms with Crippen molar-refractivity contribution < 1.29 is 9.50 Å². The molecule has 0 saturated carbocycles. The highest BCUT2D eigenvalue weighted by molar-refractivity contribution is 7.09. The summed E-state index contributed by atoms with van der Waals surface area (Å²) in [6, 6.07) is 6.37. The van der Waals surface area contributed by atoms with E-state index in [1.807, 2.05) is 11.4 Å². The Bertz CT molecular complexity index is 574. The van der Waals surface area contributed by atoms with Crippen LogP contribution in [-0.4, -0.2) is 16.2 Å². The molecular formula is C16H20FNOS.